The maximum atomic E-state index is 12.3. The van der Waals surface area contributed by atoms with Gasteiger partial charge >= 0.3 is 6.09 Å². The van der Waals surface area contributed by atoms with Crippen molar-refractivity contribution < 1.29 is 17.9 Å². The lowest BCUT2D eigenvalue weighted by atomic mass is 10.1. The van der Waals surface area contributed by atoms with E-state index in [2.05, 4.69) is 5.32 Å². The van der Waals surface area contributed by atoms with Crippen LogP contribution in [0.5, 0.6) is 0 Å². The summed E-state index contributed by atoms with van der Waals surface area (Å²) < 4.78 is 30.1. The first-order valence-corrected chi connectivity index (χ1v) is 11.1. The Kier molecular flexibility index (Phi) is 6.73. The van der Waals surface area contributed by atoms with Crippen molar-refractivity contribution in [2.75, 3.05) is 32.4 Å². The Morgan fingerprint density at radius 3 is 2.28 bits per heavy atom. The fourth-order valence-corrected chi connectivity index (χ4v) is 3.95. The van der Waals surface area contributed by atoms with Crippen molar-refractivity contribution in [2.24, 2.45) is 0 Å². The molecule has 1 saturated carbocycles. The van der Waals surface area contributed by atoms with Crippen molar-refractivity contribution in [2.45, 2.75) is 70.6 Å². The zero-order valence-corrected chi connectivity index (χ0v) is 16.8. The minimum atomic E-state index is -3.07. The second kappa shape index (κ2) is 8.22. The number of hydrogen-bond donors (Lipinski definition) is 1. The van der Waals surface area contributed by atoms with E-state index in [4.69, 9.17) is 4.74 Å². The quantitative estimate of drug-likeness (QED) is 0.686. The Labute approximate surface area is 152 Å². The Hall–Kier alpha value is -0.860. The Balaban J connectivity index is 1.67. The molecule has 1 heterocycles. The van der Waals surface area contributed by atoms with Crippen LogP contribution in [0.2, 0.25) is 0 Å². The molecular weight excluding hydrogens is 342 g/mol. The zero-order chi connectivity index (χ0) is 18.7. The molecule has 1 aliphatic heterocycles. The number of hydrogen-bond acceptors (Lipinski definition) is 5. The van der Waals surface area contributed by atoms with E-state index in [1.165, 1.54) is 6.26 Å². The zero-order valence-electron chi connectivity index (χ0n) is 16.0. The standard InChI is InChI=1S/C17H33N3O4S/c1-17(2,3)24-16(21)20(15-6-7-15)11-5-10-18-14-8-12-19(13-9-14)25(4,22)23/h14-15,18H,5-13H2,1-4H3. The van der Waals surface area contributed by atoms with E-state index >= 15 is 0 Å². The van der Waals surface area contributed by atoms with Gasteiger partial charge in [-0.2, -0.15) is 0 Å². The van der Waals surface area contributed by atoms with Gasteiger partial charge in [-0.05, 0) is 59.4 Å². The summed E-state index contributed by atoms with van der Waals surface area (Å²) in [6.45, 7) is 8.37. The lowest BCUT2D eigenvalue weighted by molar-refractivity contribution is 0.0231. The fraction of sp³-hybridized carbons (Fsp3) is 0.941. The predicted molar refractivity (Wildman–Crippen MR) is 98.0 cm³/mol. The van der Waals surface area contributed by atoms with Crippen LogP contribution in [-0.2, 0) is 14.8 Å². The summed E-state index contributed by atoms with van der Waals surface area (Å²) in [5.74, 6) is 0. The molecule has 0 unspecified atom stereocenters. The van der Waals surface area contributed by atoms with Crippen LogP contribution < -0.4 is 5.32 Å². The van der Waals surface area contributed by atoms with E-state index in [1.807, 2.05) is 25.7 Å². The normalized spacial score (nSPS) is 20.5. The van der Waals surface area contributed by atoms with Crippen molar-refractivity contribution in [1.29, 1.82) is 0 Å². The van der Waals surface area contributed by atoms with Crippen molar-refractivity contribution >= 4 is 16.1 Å². The molecule has 0 aromatic carbocycles. The molecule has 2 aliphatic rings. The highest BCUT2D eigenvalue weighted by Crippen LogP contribution is 2.28. The van der Waals surface area contributed by atoms with Gasteiger partial charge in [-0.1, -0.05) is 0 Å². The number of ether oxygens (including phenoxy) is 1. The van der Waals surface area contributed by atoms with Gasteiger partial charge in [0.1, 0.15) is 5.60 Å². The molecule has 2 rings (SSSR count). The first-order valence-electron chi connectivity index (χ1n) is 9.24. The molecule has 1 saturated heterocycles. The van der Waals surface area contributed by atoms with E-state index < -0.39 is 15.6 Å². The Bertz CT molecular complexity index is 547. The summed E-state index contributed by atoms with van der Waals surface area (Å²) in [4.78, 5) is 14.1. The topological polar surface area (TPSA) is 79.0 Å². The molecule has 8 heteroatoms. The Morgan fingerprint density at radius 2 is 1.80 bits per heavy atom. The highest BCUT2D eigenvalue weighted by atomic mass is 32.2. The lowest BCUT2D eigenvalue weighted by Gasteiger charge is -2.31. The molecule has 7 nitrogen and oxygen atoms in total. The van der Waals surface area contributed by atoms with Crippen LogP contribution in [0, 0.1) is 0 Å². The van der Waals surface area contributed by atoms with Crippen molar-refractivity contribution in [1.82, 2.24) is 14.5 Å². The van der Waals surface area contributed by atoms with Gasteiger partial charge in [-0.3, -0.25) is 0 Å². The molecule has 0 spiro atoms. The molecule has 0 atom stereocenters. The minimum Gasteiger partial charge on any atom is -0.444 e. The smallest absolute Gasteiger partial charge is 0.410 e. The number of nitrogens with one attached hydrogen (secondary N) is 1. The number of carbonyl (C=O) groups is 1. The largest absolute Gasteiger partial charge is 0.444 e. The number of amides is 1. The van der Waals surface area contributed by atoms with Gasteiger partial charge in [-0.25, -0.2) is 17.5 Å². The summed E-state index contributed by atoms with van der Waals surface area (Å²) in [6.07, 6.45) is 5.74. The van der Waals surface area contributed by atoms with Gasteiger partial charge in [0.2, 0.25) is 10.0 Å². The van der Waals surface area contributed by atoms with Crippen LogP contribution in [0.25, 0.3) is 0 Å². The predicted octanol–water partition coefficient (Wildman–Crippen LogP) is 1.79. The number of piperidine rings is 1. The molecule has 0 aromatic heterocycles. The number of rotatable bonds is 7. The molecule has 1 amide bonds. The summed E-state index contributed by atoms with van der Waals surface area (Å²) >= 11 is 0. The maximum Gasteiger partial charge on any atom is 0.410 e. The monoisotopic (exact) mass is 375 g/mol. The van der Waals surface area contributed by atoms with Crippen LogP contribution in [0.3, 0.4) is 0 Å². The van der Waals surface area contributed by atoms with Crippen LogP contribution in [-0.4, -0.2) is 73.8 Å². The van der Waals surface area contributed by atoms with Gasteiger partial charge in [0.25, 0.3) is 0 Å². The summed E-state index contributed by atoms with van der Waals surface area (Å²) in [5, 5.41) is 3.50. The number of sulfonamides is 1. The van der Waals surface area contributed by atoms with Gasteiger partial charge < -0.3 is 15.0 Å². The highest BCUT2D eigenvalue weighted by molar-refractivity contribution is 7.88. The van der Waals surface area contributed by atoms with Crippen LogP contribution >= 0.6 is 0 Å². The molecule has 0 radical (unpaired) electrons. The van der Waals surface area contributed by atoms with Crippen molar-refractivity contribution in [3.8, 4) is 0 Å². The maximum absolute atomic E-state index is 12.3. The van der Waals surface area contributed by atoms with Crippen LogP contribution in [0.15, 0.2) is 0 Å². The molecular formula is C17H33N3O4S. The van der Waals surface area contributed by atoms with Gasteiger partial charge in [0.05, 0.1) is 6.26 Å². The summed E-state index contributed by atoms with van der Waals surface area (Å²) in [5.41, 5.74) is -0.462. The van der Waals surface area contributed by atoms with Gasteiger partial charge in [-0.15, -0.1) is 0 Å². The molecule has 0 bridgehead atoms. The number of nitrogens with zero attached hydrogens (tertiary/aromatic N) is 2. The fourth-order valence-electron chi connectivity index (χ4n) is 3.08. The summed E-state index contributed by atoms with van der Waals surface area (Å²) in [7, 11) is -3.07. The second-order valence-corrected chi connectivity index (χ2v) is 10.1. The van der Waals surface area contributed by atoms with E-state index in [1.54, 1.807) is 4.31 Å². The molecule has 0 aromatic rings. The van der Waals surface area contributed by atoms with Gasteiger partial charge in [0.15, 0.2) is 0 Å². The Morgan fingerprint density at radius 1 is 1.20 bits per heavy atom. The molecule has 146 valence electrons. The second-order valence-electron chi connectivity index (χ2n) is 8.15. The van der Waals surface area contributed by atoms with Crippen molar-refractivity contribution in [3.63, 3.8) is 0 Å². The molecule has 25 heavy (non-hydrogen) atoms. The molecule has 2 fully saturated rings. The van der Waals surface area contributed by atoms with E-state index in [-0.39, 0.29) is 6.09 Å². The van der Waals surface area contributed by atoms with E-state index in [0.717, 1.165) is 38.6 Å². The molecule has 1 N–H and O–H groups in total. The highest BCUT2D eigenvalue weighted by Gasteiger charge is 2.34. The molecule has 1 aliphatic carbocycles. The van der Waals surface area contributed by atoms with Crippen LogP contribution in [0.4, 0.5) is 4.79 Å². The SMILES string of the molecule is CC(C)(C)OC(=O)N(CCCNC1CCN(S(C)(=O)=O)CC1)C1CC1. The third-order valence-electron chi connectivity index (χ3n) is 4.55. The third-order valence-corrected chi connectivity index (χ3v) is 5.85. The van der Waals surface area contributed by atoms with Crippen LogP contribution in [0.1, 0.15) is 52.9 Å². The average molecular weight is 376 g/mol. The minimum absolute atomic E-state index is 0.212. The lowest BCUT2D eigenvalue weighted by Crippen LogP contribution is -2.45. The number of carbonyl (C=O) groups excluding carboxylic acids is 1. The van der Waals surface area contributed by atoms with Crippen molar-refractivity contribution in [3.05, 3.63) is 0 Å². The first-order chi connectivity index (χ1) is 11.6. The van der Waals surface area contributed by atoms with E-state index in [0.29, 0.717) is 31.7 Å². The summed E-state index contributed by atoms with van der Waals surface area (Å²) in [6, 6.07) is 0.696. The average Bonchev–Trinajstić information content (AvgIpc) is 3.29. The van der Waals surface area contributed by atoms with E-state index in [9.17, 15) is 13.2 Å². The third kappa shape index (κ3) is 7.11. The first kappa shape index (κ1) is 20.5. The van der Waals surface area contributed by atoms with Gasteiger partial charge in [0, 0.05) is 31.7 Å².